The fourth-order valence-corrected chi connectivity index (χ4v) is 2.27. The summed E-state index contributed by atoms with van der Waals surface area (Å²) < 4.78 is 10.4. The van der Waals surface area contributed by atoms with Gasteiger partial charge in [0.05, 0.1) is 25.5 Å². The third kappa shape index (κ3) is 2.61. The van der Waals surface area contributed by atoms with E-state index in [9.17, 15) is 5.11 Å². The Labute approximate surface area is 127 Å². The maximum absolute atomic E-state index is 10.1. The van der Waals surface area contributed by atoms with Crippen LogP contribution in [0.15, 0.2) is 47.5 Å². The summed E-state index contributed by atoms with van der Waals surface area (Å²) in [6, 6.07) is 13.0. The Morgan fingerprint density at radius 3 is 2.59 bits per heavy atom. The lowest BCUT2D eigenvalue weighted by molar-refractivity contribution is 0.415. The van der Waals surface area contributed by atoms with Gasteiger partial charge in [-0.25, -0.2) is 0 Å². The number of methoxy groups -OCH3 is 2. The summed E-state index contributed by atoms with van der Waals surface area (Å²) in [7, 11) is 3.22. The van der Waals surface area contributed by atoms with Gasteiger partial charge in [0.25, 0.3) is 0 Å². The first-order valence-corrected chi connectivity index (χ1v) is 6.78. The van der Waals surface area contributed by atoms with Crippen molar-refractivity contribution in [2.24, 2.45) is 4.99 Å². The molecule has 5 nitrogen and oxygen atoms in total. The molecular weight excluding hydrogens is 280 g/mol. The summed E-state index contributed by atoms with van der Waals surface area (Å²) in [4.78, 5) is 7.32. The Kier molecular flexibility index (Phi) is 3.70. The predicted octanol–water partition coefficient (Wildman–Crippen LogP) is 3.64. The molecular formula is C17H16N2O3. The second kappa shape index (κ2) is 5.81. The molecule has 1 aromatic heterocycles. The number of hydrogen-bond acceptors (Lipinski definition) is 4. The molecule has 0 atom stereocenters. The molecule has 112 valence electrons. The van der Waals surface area contributed by atoms with Gasteiger partial charge < -0.3 is 19.6 Å². The molecule has 0 radical (unpaired) electrons. The number of nitrogens with one attached hydrogen (secondary N) is 1. The highest BCUT2D eigenvalue weighted by Gasteiger charge is 2.09. The van der Waals surface area contributed by atoms with Gasteiger partial charge in [-0.1, -0.05) is 6.07 Å². The minimum Gasteiger partial charge on any atom is -0.497 e. The molecule has 5 heteroatoms. The van der Waals surface area contributed by atoms with Gasteiger partial charge in [0.2, 0.25) is 0 Å². The van der Waals surface area contributed by atoms with Crippen molar-refractivity contribution in [3.05, 3.63) is 48.0 Å². The molecule has 0 unspecified atom stereocenters. The normalized spacial score (nSPS) is 11.2. The number of ether oxygens (including phenoxy) is 2. The third-order valence-corrected chi connectivity index (χ3v) is 3.42. The average molecular weight is 296 g/mol. The van der Waals surface area contributed by atoms with Crippen molar-refractivity contribution in [2.75, 3.05) is 14.2 Å². The zero-order valence-corrected chi connectivity index (χ0v) is 12.3. The Morgan fingerprint density at radius 1 is 1.05 bits per heavy atom. The highest BCUT2D eigenvalue weighted by molar-refractivity contribution is 6.03. The SMILES string of the molecule is COc1cccc(N=Cc2c(O)[nH]c3ccc(OC)cc23)c1. The summed E-state index contributed by atoms with van der Waals surface area (Å²) in [5, 5.41) is 10.9. The van der Waals surface area contributed by atoms with Crippen LogP contribution in [0.5, 0.6) is 17.4 Å². The largest absolute Gasteiger partial charge is 0.497 e. The van der Waals surface area contributed by atoms with Crippen LogP contribution < -0.4 is 9.47 Å². The summed E-state index contributed by atoms with van der Waals surface area (Å²) in [6.45, 7) is 0. The zero-order valence-electron chi connectivity index (χ0n) is 12.3. The molecule has 22 heavy (non-hydrogen) atoms. The van der Waals surface area contributed by atoms with E-state index in [-0.39, 0.29) is 5.88 Å². The molecule has 3 aromatic rings. The van der Waals surface area contributed by atoms with E-state index in [2.05, 4.69) is 9.98 Å². The topological polar surface area (TPSA) is 66.8 Å². The highest BCUT2D eigenvalue weighted by atomic mass is 16.5. The number of fused-ring (bicyclic) bond motifs is 1. The summed E-state index contributed by atoms with van der Waals surface area (Å²) in [6.07, 6.45) is 1.63. The number of aliphatic imine (C=N–C) groups is 1. The number of aromatic amines is 1. The van der Waals surface area contributed by atoms with Crippen LogP contribution in [0.4, 0.5) is 5.69 Å². The molecule has 0 saturated carbocycles. The number of H-pyrrole nitrogens is 1. The van der Waals surface area contributed by atoms with E-state index in [0.717, 1.165) is 28.1 Å². The summed E-state index contributed by atoms with van der Waals surface area (Å²) in [5.41, 5.74) is 2.19. The average Bonchev–Trinajstić information content (AvgIpc) is 2.87. The lowest BCUT2D eigenvalue weighted by Crippen LogP contribution is -1.84. The van der Waals surface area contributed by atoms with Crippen molar-refractivity contribution in [1.29, 1.82) is 0 Å². The molecule has 2 N–H and O–H groups in total. The molecule has 0 bridgehead atoms. The van der Waals surface area contributed by atoms with Crippen molar-refractivity contribution in [2.45, 2.75) is 0 Å². The van der Waals surface area contributed by atoms with Crippen LogP contribution in [0.2, 0.25) is 0 Å². The maximum Gasteiger partial charge on any atom is 0.198 e. The van der Waals surface area contributed by atoms with Crippen LogP contribution in [-0.2, 0) is 0 Å². The van der Waals surface area contributed by atoms with Gasteiger partial charge in [0.1, 0.15) is 11.5 Å². The van der Waals surface area contributed by atoms with Crippen LogP contribution >= 0.6 is 0 Å². The van der Waals surface area contributed by atoms with Crippen LogP contribution in [0.3, 0.4) is 0 Å². The second-order valence-electron chi connectivity index (χ2n) is 4.76. The van der Waals surface area contributed by atoms with Gasteiger partial charge in [-0.2, -0.15) is 0 Å². The van der Waals surface area contributed by atoms with Gasteiger partial charge in [0, 0.05) is 23.2 Å². The second-order valence-corrected chi connectivity index (χ2v) is 4.76. The Balaban J connectivity index is 2.02. The number of aromatic nitrogens is 1. The lowest BCUT2D eigenvalue weighted by Gasteiger charge is -2.00. The number of nitrogens with zero attached hydrogens (tertiary/aromatic N) is 1. The number of benzene rings is 2. The van der Waals surface area contributed by atoms with Crippen LogP contribution in [0.25, 0.3) is 10.9 Å². The first kappa shape index (κ1) is 14.0. The number of aromatic hydroxyl groups is 1. The Morgan fingerprint density at radius 2 is 1.82 bits per heavy atom. The predicted molar refractivity (Wildman–Crippen MR) is 86.8 cm³/mol. The van der Waals surface area contributed by atoms with Crippen LogP contribution in [0.1, 0.15) is 5.56 Å². The smallest absolute Gasteiger partial charge is 0.198 e. The Hall–Kier alpha value is -2.95. The third-order valence-electron chi connectivity index (χ3n) is 3.42. The van der Waals surface area contributed by atoms with Gasteiger partial charge in [0.15, 0.2) is 5.88 Å². The monoisotopic (exact) mass is 296 g/mol. The molecule has 0 aliphatic heterocycles. The lowest BCUT2D eigenvalue weighted by atomic mass is 10.1. The van der Waals surface area contributed by atoms with Crippen LogP contribution in [-0.4, -0.2) is 30.5 Å². The maximum atomic E-state index is 10.1. The molecule has 1 heterocycles. The minimum absolute atomic E-state index is 0.0786. The molecule has 3 rings (SSSR count). The van der Waals surface area contributed by atoms with Gasteiger partial charge in [-0.05, 0) is 30.3 Å². The number of hydrogen-bond donors (Lipinski definition) is 2. The fraction of sp³-hybridized carbons (Fsp3) is 0.118. The first-order valence-electron chi connectivity index (χ1n) is 6.78. The standard InChI is InChI=1S/C17H16N2O3/c1-21-12-5-3-4-11(8-12)18-10-15-14-9-13(22-2)6-7-16(14)19-17(15)20/h3-10,19-20H,1-2H3. The van der Waals surface area contributed by atoms with Crippen molar-refractivity contribution in [1.82, 2.24) is 4.98 Å². The van der Waals surface area contributed by atoms with Gasteiger partial charge in [-0.15, -0.1) is 0 Å². The van der Waals surface area contributed by atoms with Gasteiger partial charge in [-0.3, -0.25) is 4.99 Å². The molecule has 0 amide bonds. The minimum atomic E-state index is 0.0786. The van der Waals surface area contributed by atoms with E-state index < -0.39 is 0 Å². The first-order chi connectivity index (χ1) is 10.7. The molecule has 0 saturated heterocycles. The molecule has 0 aliphatic carbocycles. The van der Waals surface area contributed by atoms with Crippen molar-refractivity contribution in [3.63, 3.8) is 0 Å². The molecule has 2 aromatic carbocycles. The van der Waals surface area contributed by atoms with E-state index in [1.54, 1.807) is 20.4 Å². The van der Waals surface area contributed by atoms with E-state index in [1.807, 2.05) is 42.5 Å². The van der Waals surface area contributed by atoms with Crippen molar-refractivity contribution in [3.8, 4) is 17.4 Å². The zero-order chi connectivity index (χ0) is 15.5. The van der Waals surface area contributed by atoms with Crippen molar-refractivity contribution < 1.29 is 14.6 Å². The van der Waals surface area contributed by atoms with E-state index in [1.165, 1.54) is 0 Å². The summed E-state index contributed by atoms with van der Waals surface area (Å²) >= 11 is 0. The van der Waals surface area contributed by atoms with Gasteiger partial charge >= 0.3 is 0 Å². The quantitative estimate of drug-likeness (QED) is 0.722. The highest BCUT2D eigenvalue weighted by Crippen LogP contribution is 2.29. The molecule has 0 fully saturated rings. The summed E-state index contributed by atoms with van der Waals surface area (Å²) in [5.74, 6) is 1.54. The number of rotatable bonds is 4. The molecule has 0 aliphatic rings. The Bertz CT molecular complexity index is 837. The van der Waals surface area contributed by atoms with Crippen molar-refractivity contribution >= 4 is 22.8 Å². The fourth-order valence-electron chi connectivity index (χ4n) is 2.27. The van der Waals surface area contributed by atoms with E-state index in [4.69, 9.17) is 9.47 Å². The van der Waals surface area contributed by atoms with Crippen LogP contribution in [0, 0.1) is 0 Å². The van der Waals surface area contributed by atoms with E-state index in [0.29, 0.717) is 5.56 Å². The van der Waals surface area contributed by atoms with E-state index >= 15 is 0 Å². The molecule has 0 spiro atoms.